The summed E-state index contributed by atoms with van der Waals surface area (Å²) in [7, 11) is 1.49. The van der Waals surface area contributed by atoms with Crippen LogP contribution in [0.25, 0.3) is 0 Å². The normalized spacial score (nSPS) is 10.1. The van der Waals surface area contributed by atoms with Gasteiger partial charge in [0, 0.05) is 6.20 Å². The zero-order valence-corrected chi connectivity index (χ0v) is 10.1. The topological polar surface area (TPSA) is 90.9 Å². The molecule has 0 aliphatic heterocycles. The van der Waals surface area contributed by atoms with Crippen molar-refractivity contribution < 1.29 is 9.13 Å². The van der Waals surface area contributed by atoms with Gasteiger partial charge in [-0.2, -0.15) is 0 Å². The molecule has 2 aromatic heterocycles. The second-order valence-electron chi connectivity index (χ2n) is 3.38. The van der Waals surface area contributed by atoms with E-state index in [1.54, 1.807) is 24.4 Å². The molecule has 0 atom stereocenters. The minimum atomic E-state index is -0.554. The summed E-state index contributed by atoms with van der Waals surface area (Å²) < 4.78 is 12.4. The third-order valence-corrected chi connectivity index (χ3v) is 2.89. The van der Waals surface area contributed by atoms with Crippen molar-refractivity contribution in [2.75, 3.05) is 0 Å². The Bertz CT molecular complexity index is 646. The SMILES string of the molecule is Cn1c([N+](=O)[O-])cnc1C(=S=O)c1ccccn1. The lowest BCUT2D eigenvalue weighted by atomic mass is 10.2. The molecule has 18 heavy (non-hydrogen) atoms. The van der Waals surface area contributed by atoms with Crippen LogP contribution in [0.2, 0.25) is 0 Å². The van der Waals surface area contributed by atoms with Crippen LogP contribution in [0, 0.1) is 10.1 Å². The molecule has 2 aromatic rings. The molecule has 0 aliphatic carbocycles. The Balaban J connectivity index is 2.55. The number of hydrogen-bond acceptors (Lipinski definition) is 5. The molecule has 0 amide bonds. The highest BCUT2D eigenvalue weighted by Gasteiger charge is 2.22. The number of imidazole rings is 1. The van der Waals surface area contributed by atoms with Crippen molar-refractivity contribution in [2.45, 2.75) is 0 Å². The summed E-state index contributed by atoms with van der Waals surface area (Å²) in [5, 5.41) is 10.7. The van der Waals surface area contributed by atoms with Crippen molar-refractivity contribution in [3.63, 3.8) is 0 Å². The second kappa shape index (κ2) is 4.88. The number of pyridine rings is 1. The van der Waals surface area contributed by atoms with Gasteiger partial charge in [-0.25, -0.2) is 13.8 Å². The van der Waals surface area contributed by atoms with E-state index in [0.717, 1.165) is 6.20 Å². The molecule has 8 heteroatoms. The predicted molar refractivity (Wildman–Crippen MR) is 65.5 cm³/mol. The molecule has 2 heterocycles. The quantitative estimate of drug-likeness (QED) is 0.348. The number of rotatable bonds is 3. The molecular formula is C10H8N4O3S. The maximum atomic E-state index is 11.2. The predicted octanol–water partition coefficient (Wildman–Crippen LogP) is 0.505. The Labute approximate surface area is 105 Å². The van der Waals surface area contributed by atoms with Crippen molar-refractivity contribution in [1.82, 2.24) is 14.5 Å². The third kappa shape index (κ3) is 2.05. The Morgan fingerprint density at radius 3 is 2.72 bits per heavy atom. The van der Waals surface area contributed by atoms with E-state index in [1.807, 2.05) is 0 Å². The molecule has 0 bridgehead atoms. The Morgan fingerprint density at radius 1 is 1.44 bits per heavy atom. The summed E-state index contributed by atoms with van der Waals surface area (Å²) in [6.07, 6.45) is 2.66. The van der Waals surface area contributed by atoms with Gasteiger partial charge in [0.25, 0.3) is 0 Å². The molecule has 0 N–H and O–H groups in total. The first kappa shape index (κ1) is 12.1. The highest BCUT2D eigenvalue weighted by molar-refractivity contribution is 7.67. The fourth-order valence-electron chi connectivity index (χ4n) is 1.47. The molecule has 92 valence electrons. The Hall–Kier alpha value is -2.35. The van der Waals surface area contributed by atoms with E-state index in [1.165, 1.54) is 11.6 Å². The lowest BCUT2D eigenvalue weighted by Crippen LogP contribution is -2.12. The molecular weight excluding hydrogens is 256 g/mol. The van der Waals surface area contributed by atoms with Gasteiger partial charge < -0.3 is 10.1 Å². The fraction of sp³-hybridized carbons (Fsp3) is 0.100. The van der Waals surface area contributed by atoms with Crippen molar-refractivity contribution in [2.24, 2.45) is 7.05 Å². The van der Waals surface area contributed by atoms with Gasteiger partial charge in [0.1, 0.15) is 17.5 Å². The molecule has 0 aliphatic rings. The standard InChI is InChI=1S/C10H8N4O3S/c1-13-8(14(15)16)6-12-10(13)9(18-17)7-4-2-3-5-11-7/h2-6H,1H3. The van der Waals surface area contributed by atoms with Gasteiger partial charge >= 0.3 is 5.82 Å². The van der Waals surface area contributed by atoms with Crippen LogP contribution in [-0.2, 0) is 18.3 Å². The lowest BCUT2D eigenvalue weighted by Gasteiger charge is -1.99. The maximum Gasteiger partial charge on any atom is 0.342 e. The molecule has 0 fully saturated rings. The summed E-state index contributed by atoms with van der Waals surface area (Å²) in [6.45, 7) is 0. The lowest BCUT2D eigenvalue weighted by molar-refractivity contribution is -0.391. The minimum absolute atomic E-state index is 0.174. The largest absolute Gasteiger partial charge is 0.358 e. The van der Waals surface area contributed by atoms with E-state index < -0.39 is 4.92 Å². The monoisotopic (exact) mass is 264 g/mol. The van der Waals surface area contributed by atoms with E-state index >= 15 is 0 Å². The highest BCUT2D eigenvalue weighted by atomic mass is 32.1. The van der Waals surface area contributed by atoms with E-state index in [0.29, 0.717) is 5.69 Å². The van der Waals surface area contributed by atoms with Crippen LogP contribution in [0.1, 0.15) is 11.5 Å². The van der Waals surface area contributed by atoms with Crippen molar-refractivity contribution in [3.05, 3.63) is 52.2 Å². The number of nitro groups is 1. The van der Waals surface area contributed by atoms with E-state index in [9.17, 15) is 14.3 Å². The molecule has 0 unspecified atom stereocenters. The summed E-state index contributed by atoms with van der Waals surface area (Å²) in [4.78, 5) is 18.4. The number of nitrogens with zero attached hydrogens (tertiary/aromatic N) is 4. The van der Waals surface area contributed by atoms with Crippen LogP contribution < -0.4 is 0 Å². The van der Waals surface area contributed by atoms with Crippen LogP contribution in [0.3, 0.4) is 0 Å². The minimum Gasteiger partial charge on any atom is -0.358 e. The summed E-state index contributed by atoms with van der Waals surface area (Å²) in [5.74, 6) is 0.0629. The first-order valence-electron chi connectivity index (χ1n) is 4.89. The van der Waals surface area contributed by atoms with Gasteiger partial charge in [-0.3, -0.25) is 4.98 Å². The van der Waals surface area contributed by atoms with Crippen LogP contribution in [0.5, 0.6) is 0 Å². The molecule has 0 saturated carbocycles. The molecule has 2 rings (SSSR count). The Kier molecular flexibility index (Phi) is 3.28. The summed E-state index contributed by atoms with van der Waals surface area (Å²) in [6, 6.07) is 5.11. The first-order valence-corrected chi connectivity index (χ1v) is 5.64. The third-order valence-electron chi connectivity index (χ3n) is 2.33. The summed E-state index contributed by atoms with van der Waals surface area (Å²) in [5.41, 5.74) is 0.445. The Morgan fingerprint density at radius 2 is 2.22 bits per heavy atom. The maximum absolute atomic E-state index is 11.2. The van der Waals surface area contributed by atoms with E-state index in [2.05, 4.69) is 9.97 Å². The number of aromatic nitrogens is 3. The van der Waals surface area contributed by atoms with Crippen molar-refractivity contribution in [3.8, 4) is 0 Å². The molecule has 7 nitrogen and oxygen atoms in total. The van der Waals surface area contributed by atoms with Gasteiger partial charge in [0.2, 0.25) is 5.82 Å². The van der Waals surface area contributed by atoms with Gasteiger partial charge in [0.05, 0.1) is 12.7 Å². The van der Waals surface area contributed by atoms with Gasteiger partial charge in [-0.1, -0.05) is 6.07 Å². The fourth-order valence-corrected chi connectivity index (χ4v) is 1.94. The smallest absolute Gasteiger partial charge is 0.342 e. The van der Waals surface area contributed by atoms with Crippen LogP contribution in [0.4, 0.5) is 5.82 Å². The van der Waals surface area contributed by atoms with Crippen molar-refractivity contribution in [1.29, 1.82) is 0 Å². The molecule has 0 saturated heterocycles. The van der Waals surface area contributed by atoms with Crippen LogP contribution in [-0.4, -0.2) is 28.5 Å². The molecule has 0 radical (unpaired) electrons. The van der Waals surface area contributed by atoms with Crippen LogP contribution >= 0.6 is 0 Å². The van der Waals surface area contributed by atoms with Gasteiger partial charge in [-0.15, -0.1) is 0 Å². The average Bonchev–Trinajstić information content (AvgIpc) is 2.74. The number of hydrogen-bond donors (Lipinski definition) is 0. The molecule has 0 aromatic carbocycles. The van der Waals surface area contributed by atoms with Gasteiger partial charge in [-0.05, 0) is 17.1 Å². The van der Waals surface area contributed by atoms with Crippen molar-refractivity contribution >= 4 is 21.9 Å². The van der Waals surface area contributed by atoms with Gasteiger partial charge in [0.15, 0.2) is 4.86 Å². The van der Waals surface area contributed by atoms with Crippen LogP contribution in [0.15, 0.2) is 30.6 Å². The summed E-state index contributed by atoms with van der Waals surface area (Å²) >= 11 is 0.214. The second-order valence-corrected chi connectivity index (χ2v) is 3.96. The zero-order chi connectivity index (χ0) is 13.1. The molecule has 0 spiro atoms. The van der Waals surface area contributed by atoms with E-state index in [4.69, 9.17) is 0 Å². The average molecular weight is 264 g/mol. The van der Waals surface area contributed by atoms with E-state index in [-0.39, 0.29) is 27.8 Å². The first-order chi connectivity index (χ1) is 8.65. The highest BCUT2D eigenvalue weighted by Crippen LogP contribution is 2.14. The zero-order valence-electron chi connectivity index (χ0n) is 9.31.